The van der Waals surface area contributed by atoms with Gasteiger partial charge in [-0.1, -0.05) is 12.1 Å². The zero-order valence-corrected chi connectivity index (χ0v) is 9.84. The van der Waals surface area contributed by atoms with Gasteiger partial charge in [-0.2, -0.15) is 0 Å². The highest BCUT2D eigenvalue weighted by Crippen LogP contribution is 2.23. The monoisotopic (exact) mass is 250 g/mol. The van der Waals surface area contributed by atoms with E-state index in [1.54, 1.807) is 0 Å². The maximum absolute atomic E-state index is 12.1. The third-order valence-corrected chi connectivity index (χ3v) is 2.78. The van der Waals surface area contributed by atoms with Crippen LogP contribution in [0, 0.1) is 18.3 Å². The van der Waals surface area contributed by atoms with E-state index >= 15 is 0 Å². The van der Waals surface area contributed by atoms with Crippen LogP contribution < -0.4 is 5.73 Å². The van der Waals surface area contributed by atoms with Crippen molar-refractivity contribution >= 4 is 11.7 Å². The number of nitrogens with zero attached hydrogens (tertiary/aromatic N) is 1. The Bertz CT molecular complexity index is 439. The smallest absolute Gasteiger partial charge is 0.306 e. The number of carbonyl (C=O) groups is 1. The van der Waals surface area contributed by atoms with E-state index < -0.39 is 5.97 Å². The molecule has 0 radical (unpaired) electrons. The molecule has 2 atom stereocenters. The van der Waals surface area contributed by atoms with E-state index in [4.69, 9.17) is 17.4 Å². The summed E-state index contributed by atoms with van der Waals surface area (Å²) in [6, 6.07) is 5.57. The molecule has 0 aromatic heterocycles. The molecule has 2 rings (SSSR count). The lowest BCUT2D eigenvalue weighted by molar-refractivity contribution is -0.141. The minimum atomic E-state index is -0.692. The fourth-order valence-electron chi connectivity index (χ4n) is 1.76. The molecule has 96 valence electrons. The first-order chi connectivity index (χ1) is 8.52. The molecular formula is C13H15FN2O2. The van der Waals surface area contributed by atoms with E-state index in [0.29, 0.717) is 12.1 Å². The van der Waals surface area contributed by atoms with Crippen molar-refractivity contribution in [1.29, 1.82) is 0 Å². The van der Waals surface area contributed by atoms with Gasteiger partial charge in [-0.05, 0) is 31.4 Å². The van der Waals surface area contributed by atoms with Gasteiger partial charge in [0.25, 0.3) is 0 Å². The second kappa shape index (κ2) is 6.72. The van der Waals surface area contributed by atoms with Gasteiger partial charge >= 0.3 is 5.97 Å². The van der Waals surface area contributed by atoms with Gasteiger partial charge in [-0.25, -0.2) is 9.24 Å². The summed E-state index contributed by atoms with van der Waals surface area (Å²) in [4.78, 5) is 13.4. The molecule has 18 heavy (non-hydrogen) atoms. The molecule has 0 unspecified atom stereocenters. The Kier molecular flexibility index (Phi) is 5.28. The third-order valence-electron chi connectivity index (χ3n) is 2.78. The molecule has 1 aromatic carbocycles. The van der Waals surface area contributed by atoms with Crippen molar-refractivity contribution in [2.75, 3.05) is 0 Å². The maximum atomic E-state index is 12.1. The first kappa shape index (κ1) is 14.1. The predicted octanol–water partition coefficient (Wildman–Crippen LogP) is 2.57. The minimum absolute atomic E-state index is 0.131. The Hall–Kier alpha value is -1.93. The van der Waals surface area contributed by atoms with Gasteiger partial charge in [-0.15, -0.1) is 0 Å². The molecule has 1 saturated carbocycles. The lowest BCUT2D eigenvalue weighted by Crippen LogP contribution is -2.17. The Morgan fingerprint density at radius 3 is 2.33 bits per heavy atom. The molecule has 0 heterocycles. The Balaban J connectivity index is 0.000000180. The molecule has 0 amide bonds. The van der Waals surface area contributed by atoms with Crippen LogP contribution in [0.15, 0.2) is 24.3 Å². The lowest BCUT2D eigenvalue weighted by atomic mass is 10.1. The number of halogens is 1. The summed E-state index contributed by atoms with van der Waals surface area (Å²) in [5.74, 6) is -1.16. The molecule has 5 heteroatoms. The van der Waals surface area contributed by atoms with E-state index in [1.165, 1.54) is 24.3 Å². The number of carboxylic acid groups (broad SMARTS) is 1. The molecule has 4 nitrogen and oxygen atoms in total. The minimum Gasteiger partial charge on any atom is -0.481 e. The molecule has 1 aliphatic rings. The Labute approximate surface area is 105 Å². The number of benzene rings is 1. The molecule has 0 aliphatic heterocycles. The van der Waals surface area contributed by atoms with Gasteiger partial charge in [-0.3, -0.25) is 4.79 Å². The summed E-state index contributed by atoms with van der Waals surface area (Å²) in [6.45, 7) is 6.52. The van der Waals surface area contributed by atoms with Crippen LogP contribution in [0.3, 0.4) is 0 Å². The summed E-state index contributed by atoms with van der Waals surface area (Å²) >= 11 is 0. The van der Waals surface area contributed by atoms with Crippen molar-refractivity contribution in [3.8, 4) is 0 Å². The van der Waals surface area contributed by atoms with Crippen molar-refractivity contribution in [3.05, 3.63) is 41.5 Å². The molecular weight excluding hydrogens is 235 g/mol. The van der Waals surface area contributed by atoms with E-state index in [9.17, 15) is 9.18 Å². The van der Waals surface area contributed by atoms with Gasteiger partial charge in [0, 0.05) is 6.04 Å². The fraction of sp³-hybridized carbons (Fsp3) is 0.385. The number of hydrogen-bond acceptors (Lipinski definition) is 2. The average Bonchev–Trinajstić information content (AvgIpc) is 2.78. The van der Waals surface area contributed by atoms with Gasteiger partial charge in [0.15, 0.2) is 5.69 Å². The topological polar surface area (TPSA) is 67.7 Å². The molecule has 1 aliphatic carbocycles. The van der Waals surface area contributed by atoms with Crippen LogP contribution in [0.4, 0.5) is 10.1 Å². The number of aliphatic carboxylic acids is 1. The zero-order valence-electron chi connectivity index (χ0n) is 9.84. The van der Waals surface area contributed by atoms with Gasteiger partial charge < -0.3 is 10.8 Å². The van der Waals surface area contributed by atoms with Crippen molar-refractivity contribution in [3.63, 3.8) is 0 Å². The SMILES string of the molecule is N[C@H]1CC[C@@H](C(=O)O)C1.[C-]#[N+]c1ccc(F)cc1. The maximum Gasteiger partial charge on any atom is 0.306 e. The summed E-state index contributed by atoms with van der Waals surface area (Å²) < 4.78 is 12.1. The van der Waals surface area contributed by atoms with Crippen LogP contribution in [0.25, 0.3) is 4.85 Å². The van der Waals surface area contributed by atoms with Crippen LogP contribution in [0.5, 0.6) is 0 Å². The number of hydrogen-bond donors (Lipinski definition) is 2. The molecule has 0 bridgehead atoms. The van der Waals surface area contributed by atoms with Crippen LogP contribution in [0.2, 0.25) is 0 Å². The second-order valence-corrected chi connectivity index (χ2v) is 4.20. The van der Waals surface area contributed by atoms with Crippen molar-refractivity contribution in [2.45, 2.75) is 25.3 Å². The lowest BCUT2D eigenvalue weighted by Gasteiger charge is -1.99. The highest BCUT2D eigenvalue weighted by molar-refractivity contribution is 5.70. The first-order valence-electron chi connectivity index (χ1n) is 5.64. The van der Waals surface area contributed by atoms with E-state index in [-0.39, 0.29) is 17.8 Å². The third kappa shape index (κ3) is 4.52. The van der Waals surface area contributed by atoms with Crippen LogP contribution >= 0.6 is 0 Å². The van der Waals surface area contributed by atoms with E-state index in [1.807, 2.05) is 0 Å². The molecule has 3 N–H and O–H groups in total. The predicted molar refractivity (Wildman–Crippen MR) is 65.6 cm³/mol. The number of nitrogens with two attached hydrogens (primary N) is 1. The van der Waals surface area contributed by atoms with Gasteiger partial charge in [0.2, 0.25) is 0 Å². The molecule has 0 spiro atoms. The first-order valence-corrected chi connectivity index (χ1v) is 5.64. The average molecular weight is 250 g/mol. The van der Waals surface area contributed by atoms with Crippen molar-refractivity contribution in [2.24, 2.45) is 11.7 Å². The summed E-state index contributed by atoms with van der Waals surface area (Å²) in [7, 11) is 0. The van der Waals surface area contributed by atoms with E-state index in [2.05, 4.69) is 4.85 Å². The largest absolute Gasteiger partial charge is 0.481 e. The fourth-order valence-corrected chi connectivity index (χ4v) is 1.76. The normalized spacial score (nSPS) is 21.6. The van der Waals surface area contributed by atoms with Gasteiger partial charge in [0.1, 0.15) is 5.82 Å². The number of rotatable bonds is 1. The van der Waals surface area contributed by atoms with Crippen LogP contribution in [-0.4, -0.2) is 17.1 Å². The zero-order chi connectivity index (χ0) is 13.5. The molecule has 1 fully saturated rings. The van der Waals surface area contributed by atoms with Crippen LogP contribution in [-0.2, 0) is 4.79 Å². The van der Waals surface area contributed by atoms with Crippen molar-refractivity contribution in [1.82, 2.24) is 0 Å². The summed E-state index contributed by atoms with van der Waals surface area (Å²) in [5, 5.41) is 8.48. The quantitative estimate of drug-likeness (QED) is 0.753. The van der Waals surface area contributed by atoms with Crippen LogP contribution in [0.1, 0.15) is 19.3 Å². The highest BCUT2D eigenvalue weighted by Gasteiger charge is 2.26. The second-order valence-electron chi connectivity index (χ2n) is 4.20. The highest BCUT2D eigenvalue weighted by atomic mass is 19.1. The summed E-state index contributed by atoms with van der Waals surface area (Å²) in [5.41, 5.74) is 5.97. The Morgan fingerprint density at radius 1 is 1.39 bits per heavy atom. The van der Waals surface area contributed by atoms with E-state index in [0.717, 1.165) is 12.8 Å². The number of carboxylic acids is 1. The Morgan fingerprint density at radius 2 is 2.00 bits per heavy atom. The van der Waals surface area contributed by atoms with Gasteiger partial charge in [0.05, 0.1) is 12.5 Å². The standard InChI is InChI=1S/C7H4FN.C6H11NO2/c1-9-7-4-2-6(8)3-5-7;7-5-2-1-4(3-5)6(8)9/h2-5H;4-5H,1-3,7H2,(H,8,9)/t;4-,5+/m.1/s1. The van der Waals surface area contributed by atoms with Crippen molar-refractivity contribution < 1.29 is 14.3 Å². The summed E-state index contributed by atoms with van der Waals surface area (Å²) in [6.07, 6.45) is 2.29. The molecule has 1 aromatic rings. The molecule has 0 saturated heterocycles.